The molecule has 0 fully saturated rings. The summed E-state index contributed by atoms with van der Waals surface area (Å²) in [5.41, 5.74) is 12.5. The second-order valence-electron chi connectivity index (χ2n) is 9.85. The predicted octanol–water partition coefficient (Wildman–Crippen LogP) is 8.83. The molecule has 0 radical (unpaired) electrons. The number of hydrogen-bond acceptors (Lipinski definition) is 2. The summed E-state index contributed by atoms with van der Waals surface area (Å²) in [5, 5.41) is 0. The number of aromatic nitrogens is 1. The quantitative estimate of drug-likeness (QED) is 0.271. The first-order valence-electron chi connectivity index (χ1n) is 12.1. The Bertz CT molecular complexity index is 1500. The molecule has 0 unspecified atom stereocenters. The number of nitrogens with zero attached hydrogens (tertiary/aromatic N) is 2. The van der Waals surface area contributed by atoms with E-state index < -0.39 is 0 Å². The van der Waals surface area contributed by atoms with Gasteiger partial charge < -0.3 is 4.90 Å². The third kappa shape index (κ3) is 3.63. The number of pyridine rings is 1. The average Bonchev–Trinajstić information content (AvgIpc) is 3.13. The van der Waals surface area contributed by atoms with Crippen LogP contribution in [0.3, 0.4) is 0 Å². The Hall–Kier alpha value is -4.17. The highest BCUT2D eigenvalue weighted by molar-refractivity contribution is 5.85. The van der Waals surface area contributed by atoms with E-state index in [0.29, 0.717) is 0 Å². The highest BCUT2D eigenvalue weighted by Crippen LogP contribution is 2.50. The number of anilines is 3. The minimum Gasteiger partial charge on any atom is -0.310 e. The molecule has 35 heavy (non-hydrogen) atoms. The molecule has 0 atom stereocenters. The molecule has 1 aromatic heterocycles. The standard InChI is InChI=1S/C33H28N2/c1-23-8-12-26(13-9-23)35(27-14-10-24(11-15-27)25-18-20-34-21-19-25)28-16-17-30-29-6-4-5-7-31(29)33(2,3)32(30)22-28/h4-22H,1-3H3. The fourth-order valence-corrected chi connectivity index (χ4v) is 5.32. The smallest absolute Gasteiger partial charge is 0.0465 e. The molecule has 1 aliphatic rings. The van der Waals surface area contributed by atoms with Crippen LogP contribution >= 0.6 is 0 Å². The Morgan fingerprint density at radius 3 is 1.86 bits per heavy atom. The van der Waals surface area contributed by atoms with Crippen molar-refractivity contribution in [2.75, 3.05) is 4.90 Å². The van der Waals surface area contributed by atoms with E-state index >= 15 is 0 Å². The molecular weight excluding hydrogens is 424 g/mol. The number of hydrogen-bond donors (Lipinski definition) is 0. The first kappa shape index (κ1) is 21.4. The maximum atomic E-state index is 4.15. The fraction of sp³-hybridized carbons (Fsp3) is 0.121. The summed E-state index contributed by atoms with van der Waals surface area (Å²) < 4.78 is 0. The molecule has 4 aromatic carbocycles. The van der Waals surface area contributed by atoms with Crippen molar-refractivity contribution in [3.05, 3.63) is 132 Å². The SMILES string of the molecule is Cc1ccc(N(c2ccc(-c3ccncc3)cc2)c2ccc3c(c2)C(C)(C)c2ccccc2-3)cc1. The molecule has 0 N–H and O–H groups in total. The van der Waals surface area contributed by atoms with Gasteiger partial charge in [-0.3, -0.25) is 4.98 Å². The van der Waals surface area contributed by atoms with Crippen molar-refractivity contribution in [2.24, 2.45) is 0 Å². The lowest BCUT2D eigenvalue weighted by atomic mass is 9.82. The predicted molar refractivity (Wildman–Crippen MR) is 147 cm³/mol. The lowest BCUT2D eigenvalue weighted by Gasteiger charge is -2.28. The molecule has 0 amide bonds. The molecule has 0 saturated carbocycles. The third-order valence-corrected chi connectivity index (χ3v) is 7.26. The van der Waals surface area contributed by atoms with Crippen molar-refractivity contribution in [1.29, 1.82) is 0 Å². The van der Waals surface area contributed by atoms with Crippen LogP contribution in [0.15, 0.2) is 116 Å². The van der Waals surface area contributed by atoms with Crippen molar-refractivity contribution < 1.29 is 0 Å². The Kier molecular flexibility index (Phi) is 5.04. The molecule has 1 aliphatic carbocycles. The molecule has 0 saturated heterocycles. The van der Waals surface area contributed by atoms with Gasteiger partial charge in [-0.05, 0) is 88.8 Å². The minimum atomic E-state index is -0.0356. The van der Waals surface area contributed by atoms with Gasteiger partial charge in [-0.15, -0.1) is 0 Å². The van der Waals surface area contributed by atoms with Crippen LogP contribution < -0.4 is 4.90 Å². The Morgan fingerprint density at radius 1 is 0.571 bits per heavy atom. The number of rotatable bonds is 4. The Morgan fingerprint density at radius 2 is 1.14 bits per heavy atom. The maximum absolute atomic E-state index is 4.15. The molecule has 0 spiro atoms. The molecule has 170 valence electrons. The first-order chi connectivity index (χ1) is 17.0. The molecular formula is C33H28N2. The van der Waals surface area contributed by atoms with E-state index in [1.807, 2.05) is 24.5 Å². The van der Waals surface area contributed by atoms with Crippen molar-refractivity contribution in [1.82, 2.24) is 4.98 Å². The van der Waals surface area contributed by atoms with Crippen molar-refractivity contribution in [2.45, 2.75) is 26.2 Å². The molecule has 2 nitrogen and oxygen atoms in total. The van der Waals surface area contributed by atoms with Crippen LogP contribution in [0.5, 0.6) is 0 Å². The molecule has 0 bridgehead atoms. The Labute approximate surface area is 207 Å². The van der Waals surface area contributed by atoms with Crippen molar-refractivity contribution in [3.8, 4) is 22.3 Å². The second kappa shape index (κ2) is 8.25. The van der Waals surface area contributed by atoms with Crippen LogP contribution in [0, 0.1) is 6.92 Å². The highest BCUT2D eigenvalue weighted by atomic mass is 15.1. The fourth-order valence-electron chi connectivity index (χ4n) is 5.32. The van der Waals surface area contributed by atoms with Gasteiger partial charge in [0.1, 0.15) is 0 Å². The Balaban J connectivity index is 1.47. The van der Waals surface area contributed by atoms with Crippen LogP contribution in [0.25, 0.3) is 22.3 Å². The van der Waals surface area contributed by atoms with E-state index in [2.05, 4.69) is 122 Å². The van der Waals surface area contributed by atoms with Crippen LogP contribution in [0.4, 0.5) is 17.1 Å². The van der Waals surface area contributed by atoms with Gasteiger partial charge >= 0.3 is 0 Å². The summed E-state index contributed by atoms with van der Waals surface area (Å²) in [6.45, 7) is 6.80. The van der Waals surface area contributed by atoms with Crippen LogP contribution in [0.2, 0.25) is 0 Å². The second-order valence-corrected chi connectivity index (χ2v) is 9.85. The van der Waals surface area contributed by atoms with E-state index in [1.54, 1.807) is 0 Å². The van der Waals surface area contributed by atoms with Gasteiger partial charge in [-0.25, -0.2) is 0 Å². The summed E-state index contributed by atoms with van der Waals surface area (Å²) in [7, 11) is 0. The molecule has 1 heterocycles. The summed E-state index contributed by atoms with van der Waals surface area (Å²) in [5.74, 6) is 0. The number of fused-ring (bicyclic) bond motifs is 3. The van der Waals surface area contributed by atoms with Gasteiger partial charge in [0.2, 0.25) is 0 Å². The monoisotopic (exact) mass is 452 g/mol. The maximum Gasteiger partial charge on any atom is 0.0465 e. The van der Waals surface area contributed by atoms with Gasteiger partial charge in [0.25, 0.3) is 0 Å². The van der Waals surface area contributed by atoms with Crippen LogP contribution in [0.1, 0.15) is 30.5 Å². The summed E-state index contributed by atoms with van der Waals surface area (Å²) in [4.78, 5) is 6.51. The minimum absolute atomic E-state index is 0.0356. The first-order valence-corrected chi connectivity index (χ1v) is 12.1. The zero-order chi connectivity index (χ0) is 24.0. The number of aryl methyl sites for hydroxylation is 1. The third-order valence-electron chi connectivity index (χ3n) is 7.26. The van der Waals surface area contributed by atoms with E-state index in [4.69, 9.17) is 0 Å². The lowest BCUT2D eigenvalue weighted by Crippen LogP contribution is -2.16. The van der Waals surface area contributed by atoms with E-state index in [9.17, 15) is 0 Å². The van der Waals surface area contributed by atoms with Crippen molar-refractivity contribution in [3.63, 3.8) is 0 Å². The molecule has 2 heteroatoms. The zero-order valence-electron chi connectivity index (χ0n) is 20.4. The van der Waals surface area contributed by atoms with Gasteiger partial charge in [-0.1, -0.05) is 74.0 Å². The van der Waals surface area contributed by atoms with Crippen molar-refractivity contribution >= 4 is 17.1 Å². The van der Waals surface area contributed by atoms with E-state index in [-0.39, 0.29) is 5.41 Å². The molecule has 0 aliphatic heterocycles. The summed E-state index contributed by atoms with van der Waals surface area (Å²) >= 11 is 0. The normalized spacial score (nSPS) is 13.2. The van der Waals surface area contributed by atoms with E-state index in [0.717, 1.165) is 11.4 Å². The van der Waals surface area contributed by atoms with Crippen LogP contribution in [-0.4, -0.2) is 4.98 Å². The van der Waals surface area contributed by atoms with Gasteiger partial charge in [-0.2, -0.15) is 0 Å². The number of benzene rings is 4. The lowest BCUT2D eigenvalue weighted by molar-refractivity contribution is 0.660. The topological polar surface area (TPSA) is 16.1 Å². The average molecular weight is 453 g/mol. The highest BCUT2D eigenvalue weighted by Gasteiger charge is 2.35. The van der Waals surface area contributed by atoms with E-state index in [1.165, 1.54) is 44.6 Å². The van der Waals surface area contributed by atoms with Crippen LogP contribution in [-0.2, 0) is 5.41 Å². The largest absolute Gasteiger partial charge is 0.310 e. The summed E-state index contributed by atoms with van der Waals surface area (Å²) in [6, 6.07) is 37.4. The van der Waals surface area contributed by atoms with Gasteiger partial charge in [0, 0.05) is 34.9 Å². The van der Waals surface area contributed by atoms with Gasteiger partial charge in [0.15, 0.2) is 0 Å². The zero-order valence-corrected chi connectivity index (χ0v) is 20.4. The molecule has 6 rings (SSSR count). The summed E-state index contributed by atoms with van der Waals surface area (Å²) in [6.07, 6.45) is 3.68. The van der Waals surface area contributed by atoms with Gasteiger partial charge in [0.05, 0.1) is 0 Å². The molecule has 5 aromatic rings.